The third-order valence-corrected chi connectivity index (χ3v) is 1.41. The molecule has 0 bridgehead atoms. The van der Waals surface area contributed by atoms with E-state index in [0.717, 1.165) is 0 Å². The fourth-order valence-corrected chi connectivity index (χ4v) is 0.733. The molecule has 0 spiro atoms. The summed E-state index contributed by atoms with van der Waals surface area (Å²) in [6.07, 6.45) is -1.79. The highest BCUT2D eigenvalue weighted by atomic mass is 16.8. The van der Waals surface area contributed by atoms with Gasteiger partial charge >= 0.3 is 12.1 Å². The van der Waals surface area contributed by atoms with Crippen LogP contribution in [0.2, 0.25) is 0 Å². The third-order valence-electron chi connectivity index (χ3n) is 1.41. The molecule has 0 aliphatic carbocycles. The molecule has 16 heavy (non-hydrogen) atoms. The van der Waals surface area contributed by atoms with E-state index in [0.29, 0.717) is 0 Å². The second kappa shape index (κ2) is 5.72. The molecule has 0 heterocycles. The van der Waals surface area contributed by atoms with Gasteiger partial charge in [0.15, 0.2) is 0 Å². The highest BCUT2D eigenvalue weighted by Crippen LogP contribution is 2.10. The first kappa shape index (κ1) is 14.7. The summed E-state index contributed by atoms with van der Waals surface area (Å²) in [5.74, 6) is -0.680. The van der Waals surface area contributed by atoms with E-state index in [1.165, 1.54) is 6.92 Å². The van der Waals surface area contributed by atoms with Gasteiger partial charge in [0.1, 0.15) is 5.60 Å². The first-order valence-electron chi connectivity index (χ1n) is 5.22. The number of carbonyl (C=O) groups excluding carboxylic acids is 2. The quantitative estimate of drug-likeness (QED) is 0.552. The zero-order chi connectivity index (χ0) is 12.9. The number of carbonyl (C=O) groups is 2. The van der Waals surface area contributed by atoms with Crippen LogP contribution >= 0.6 is 0 Å². The monoisotopic (exact) mass is 232 g/mol. The second-order valence-corrected chi connectivity index (χ2v) is 4.74. The Morgan fingerprint density at radius 2 is 1.50 bits per heavy atom. The van der Waals surface area contributed by atoms with Gasteiger partial charge in [-0.3, -0.25) is 4.79 Å². The summed E-state index contributed by atoms with van der Waals surface area (Å²) in [5, 5.41) is 0. The van der Waals surface area contributed by atoms with Crippen LogP contribution in [0.15, 0.2) is 0 Å². The average Bonchev–Trinajstić information content (AvgIpc) is 1.98. The van der Waals surface area contributed by atoms with Crippen LogP contribution in [0.5, 0.6) is 0 Å². The number of hydrogen-bond donors (Lipinski definition) is 0. The molecule has 0 radical (unpaired) electrons. The SMILES string of the molecule is CC(OC(=O)OC(C)(C)C)OC(=O)C(C)C. The van der Waals surface area contributed by atoms with Gasteiger partial charge in [0, 0.05) is 6.92 Å². The second-order valence-electron chi connectivity index (χ2n) is 4.74. The van der Waals surface area contributed by atoms with Crippen molar-refractivity contribution >= 4 is 12.1 Å². The first-order chi connectivity index (χ1) is 7.11. The van der Waals surface area contributed by atoms with Gasteiger partial charge in [-0.1, -0.05) is 13.8 Å². The van der Waals surface area contributed by atoms with Crippen molar-refractivity contribution in [3.05, 3.63) is 0 Å². The smallest absolute Gasteiger partial charge is 0.428 e. The summed E-state index contributed by atoms with van der Waals surface area (Å²) in [5.41, 5.74) is -0.626. The molecule has 0 saturated heterocycles. The van der Waals surface area contributed by atoms with E-state index in [2.05, 4.69) is 0 Å². The van der Waals surface area contributed by atoms with Crippen LogP contribution in [0, 0.1) is 5.92 Å². The lowest BCUT2D eigenvalue weighted by Crippen LogP contribution is -2.29. The maximum absolute atomic E-state index is 11.2. The maximum Gasteiger partial charge on any atom is 0.511 e. The Balaban J connectivity index is 4.01. The average molecular weight is 232 g/mol. The normalized spacial score (nSPS) is 13.2. The van der Waals surface area contributed by atoms with Crippen molar-refractivity contribution in [2.75, 3.05) is 0 Å². The molecule has 1 unspecified atom stereocenters. The molecule has 0 aromatic carbocycles. The first-order valence-corrected chi connectivity index (χ1v) is 5.22. The molecule has 0 aliphatic heterocycles. The summed E-state index contributed by atoms with van der Waals surface area (Å²) >= 11 is 0. The Labute approximate surface area is 96.1 Å². The Morgan fingerprint density at radius 3 is 1.88 bits per heavy atom. The molecular formula is C11H20O5. The van der Waals surface area contributed by atoms with Crippen LogP contribution in [0.1, 0.15) is 41.5 Å². The standard InChI is InChI=1S/C11H20O5/c1-7(2)9(12)14-8(3)15-10(13)16-11(4,5)6/h7-8H,1-6H3. The summed E-state index contributed by atoms with van der Waals surface area (Å²) in [6, 6.07) is 0. The predicted octanol–water partition coefficient (Wildman–Crippen LogP) is 2.48. The molecule has 0 aromatic heterocycles. The van der Waals surface area contributed by atoms with E-state index in [9.17, 15) is 9.59 Å². The molecule has 5 heteroatoms. The van der Waals surface area contributed by atoms with Gasteiger partial charge in [-0.15, -0.1) is 0 Å². The molecular weight excluding hydrogens is 212 g/mol. The minimum atomic E-state index is -0.940. The van der Waals surface area contributed by atoms with Crippen molar-refractivity contribution in [3.63, 3.8) is 0 Å². The van der Waals surface area contributed by atoms with Crippen LogP contribution in [0.25, 0.3) is 0 Å². The molecule has 0 N–H and O–H groups in total. The fraction of sp³-hybridized carbons (Fsp3) is 0.818. The lowest BCUT2D eigenvalue weighted by Gasteiger charge is -2.21. The number of esters is 1. The van der Waals surface area contributed by atoms with E-state index in [1.807, 2.05) is 0 Å². The van der Waals surface area contributed by atoms with Crippen molar-refractivity contribution in [1.82, 2.24) is 0 Å². The minimum Gasteiger partial charge on any atom is -0.428 e. The van der Waals surface area contributed by atoms with Crippen molar-refractivity contribution in [1.29, 1.82) is 0 Å². The number of ether oxygens (including phenoxy) is 3. The molecule has 0 saturated carbocycles. The highest BCUT2D eigenvalue weighted by Gasteiger charge is 2.21. The third kappa shape index (κ3) is 7.09. The molecule has 1 atom stereocenters. The maximum atomic E-state index is 11.2. The Kier molecular flexibility index (Phi) is 5.27. The summed E-state index contributed by atoms with van der Waals surface area (Å²) in [7, 11) is 0. The molecule has 5 nitrogen and oxygen atoms in total. The zero-order valence-corrected chi connectivity index (χ0v) is 10.7. The summed E-state index contributed by atoms with van der Waals surface area (Å²) in [6.45, 7) is 10.0. The van der Waals surface area contributed by atoms with E-state index >= 15 is 0 Å². The lowest BCUT2D eigenvalue weighted by atomic mass is 10.2. The molecule has 0 aliphatic rings. The topological polar surface area (TPSA) is 61.8 Å². The molecule has 0 fully saturated rings. The summed E-state index contributed by atoms with van der Waals surface area (Å²) in [4.78, 5) is 22.4. The van der Waals surface area contributed by atoms with Gasteiger partial charge in [-0.05, 0) is 20.8 Å². The van der Waals surface area contributed by atoms with Gasteiger partial charge in [0.2, 0.25) is 6.29 Å². The number of rotatable bonds is 3. The predicted molar refractivity (Wildman–Crippen MR) is 57.7 cm³/mol. The van der Waals surface area contributed by atoms with Crippen molar-refractivity contribution < 1.29 is 23.8 Å². The Morgan fingerprint density at radius 1 is 1.00 bits per heavy atom. The van der Waals surface area contributed by atoms with Gasteiger partial charge in [-0.25, -0.2) is 4.79 Å². The van der Waals surface area contributed by atoms with Crippen molar-refractivity contribution in [2.45, 2.75) is 53.4 Å². The van der Waals surface area contributed by atoms with Gasteiger partial charge in [-0.2, -0.15) is 0 Å². The van der Waals surface area contributed by atoms with E-state index in [4.69, 9.17) is 14.2 Å². The van der Waals surface area contributed by atoms with Crippen LogP contribution in [-0.2, 0) is 19.0 Å². The molecule has 0 aromatic rings. The Hall–Kier alpha value is -1.26. The van der Waals surface area contributed by atoms with Crippen LogP contribution in [0.4, 0.5) is 4.79 Å². The number of hydrogen-bond acceptors (Lipinski definition) is 5. The highest BCUT2D eigenvalue weighted by molar-refractivity contribution is 5.71. The van der Waals surface area contributed by atoms with Gasteiger partial charge in [0.05, 0.1) is 5.92 Å². The largest absolute Gasteiger partial charge is 0.511 e. The fourth-order valence-electron chi connectivity index (χ4n) is 0.733. The summed E-state index contributed by atoms with van der Waals surface area (Å²) < 4.78 is 14.5. The molecule has 94 valence electrons. The van der Waals surface area contributed by atoms with Crippen LogP contribution in [-0.4, -0.2) is 24.0 Å². The minimum absolute atomic E-state index is 0.260. The van der Waals surface area contributed by atoms with Crippen LogP contribution < -0.4 is 0 Å². The van der Waals surface area contributed by atoms with E-state index in [-0.39, 0.29) is 5.92 Å². The van der Waals surface area contributed by atoms with E-state index < -0.39 is 24.0 Å². The molecule has 0 amide bonds. The van der Waals surface area contributed by atoms with E-state index in [1.54, 1.807) is 34.6 Å². The van der Waals surface area contributed by atoms with Crippen molar-refractivity contribution in [3.8, 4) is 0 Å². The van der Waals surface area contributed by atoms with Crippen molar-refractivity contribution in [2.24, 2.45) is 5.92 Å². The van der Waals surface area contributed by atoms with Gasteiger partial charge in [0.25, 0.3) is 0 Å². The molecule has 0 rings (SSSR count). The van der Waals surface area contributed by atoms with Gasteiger partial charge < -0.3 is 14.2 Å². The lowest BCUT2D eigenvalue weighted by molar-refractivity contribution is -0.173. The Bertz CT molecular complexity index is 252. The zero-order valence-electron chi connectivity index (χ0n) is 10.7. The van der Waals surface area contributed by atoms with Crippen LogP contribution in [0.3, 0.4) is 0 Å².